The molecule has 0 saturated carbocycles. The van der Waals surface area contributed by atoms with Gasteiger partial charge in [-0.15, -0.1) is 0 Å². The van der Waals surface area contributed by atoms with Gasteiger partial charge in [0.1, 0.15) is 0 Å². The SMILES string of the molecule is CCCOC(=O)CC(O)c1cccc(I)c1. The fourth-order valence-corrected chi connectivity index (χ4v) is 1.83. The molecular weight excluding hydrogens is 319 g/mol. The predicted octanol–water partition coefficient (Wildman–Crippen LogP) is 2.67. The Hall–Kier alpha value is -0.620. The van der Waals surface area contributed by atoms with Gasteiger partial charge in [0.25, 0.3) is 0 Å². The van der Waals surface area contributed by atoms with E-state index >= 15 is 0 Å². The van der Waals surface area contributed by atoms with Crippen LogP contribution in [0.15, 0.2) is 24.3 Å². The maximum absolute atomic E-state index is 11.3. The number of rotatable bonds is 5. The summed E-state index contributed by atoms with van der Waals surface area (Å²) in [5, 5.41) is 9.81. The number of ether oxygens (including phenoxy) is 1. The summed E-state index contributed by atoms with van der Waals surface area (Å²) in [4.78, 5) is 11.3. The molecule has 4 heteroatoms. The summed E-state index contributed by atoms with van der Waals surface area (Å²) in [6.07, 6.45) is 0.0320. The number of hydrogen-bond acceptors (Lipinski definition) is 3. The van der Waals surface area contributed by atoms with Crippen molar-refractivity contribution in [1.82, 2.24) is 0 Å². The van der Waals surface area contributed by atoms with Crippen molar-refractivity contribution in [2.75, 3.05) is 6.61 Å². The molecule has 0 aliphatic carbocycles. The Labute approximate surface area is 109 Å². The van der Waals surface area contributed by atoms with Crippen LogP contribution in [0.4, 0.5) is 0 Å². The molecule has 1 aromatic carbocycles. The molecule has 0 heterocycles. The molecule has 0 aliphatic rings. The first-order chi connectivity index (χ1) is 7.63. The molecule has 0 aromatic heterocycles. The lowest BCUT2D eigenvalue weighted by atomic mass is 10.1. The summed E-state index contributed by atoms with van der Waals surface area (Å²) in [7, 11) is 0. The van der Waals surface area contributed by atoms with Gasteiger partial charge in [-0.1, -0.05) is 19.1 Å². The summed E-state index contributed by atoms with van der Waals surface area (Å²) < 4.78 is 5.95. The minimum atomic E-state index is -0.779. The fourth-order valence-electron chi connectivity index (χ4n) is 1.26. The first-order valence-corrected chi connectivity index (χ1v) is 6.30. The van der Waals surface area contributed by atoms with Crippen molar-refractivity contribution >= 4 is 28.6 Å². The Balaban J connectivity index is 2.52. The van der Waals surface area contributed by atoms with Gasteiger partial charge in [0.15, 0.2) is 0 Å². The van der Waals surface area contributed by atoms with E-state index in [-0.39, 0.29) is 12.4 Å². The van der Waals surface area contributed by atoms with Crippen molar-refractivity contribution in [3.05, 3.63) is 33.4 Å². The minimum absolute atomic E-state index is 0.0140. The summed E-state index contributed by atoms with van der Waals surface area (Å²) in [6, 6.07) is 7.46. The topological polar surface area (TPSA) is 46.5 Å². The summed E-state index contributed by atoms with van der Waals surface area (Å²) in [6.45, 7) is 2.35. The fraction of sp³-hybridized carbons (Fsp3) is 0.417. The predicted molar refractivity (Wildman–Crippen MR) is 70.0 cm³/mol. The highest BCUT2D eigenvalue weighted by atomic mass is 127. The molecular formula is C12H15IO3. The highest BCUT2D eigenvalue weighted by molar-refractivity contribution is 14.1. The van der Waals surface area contributed by atoms with Crippen molar-refractivity contribution < 1.29 is 14.6 Å². The molecule has 1 atom stereocenters. The lowest BCUT2D eigenvalue weighted by Gasteiger charge is -2.10. The second-order valence-corrected chi connectivity index (χ2v) is 4.74. The maximum Gasteiger partial charge on any atom is 0.308 e. The van der Waals surface area contributed by atoms with Crippen LogP contribution in [0.2, 0.25) is 0 Å². The molecule has 3 nitrogen and oxygen atoms in total. The standard InChI is InChI=1S/C12H15IO3/c1-2-6-16-12(15)8-11(14)9-4-3-5-10(13)7-9/h3-5,7,11,14H,2,6,8H2,1H3. The molecule has 0 saturated heterocycles. The van der Waals surface area contributed by atoms with Crippen LogP contribution in [0.1, 0.15) is 31.4 Å². The average Bonchev–Trinajstić information content (AvgIpc) is 2.26. The normalized spacial score (nSPS) is 12.2. The molecule has 1 unspecified atom stereocenters. The van der Waals surface area contributed by atoms with E-state index in [1.165, 1.54) is 0 Å². The maximum atomic E-state index is 11.3. The number of carbonyl (C=O) groups is 1. The molecule has 0 aliphatic heterocycles. The first-order valence-electron chi connectivity index (χ1n) is 5.22. The van der Waals surface area contributed by atoms with E-state index in [9.17, 15) is 9.90 Å². The first kappa shape index (κ1) is 13.4. The number of hydrogen-bond donors (Lipinski definition) is 1. The van der Waals surface area contributed by atoms with Crippen LogP contribution in [0, 0.1) is 3.57 Å². The quantitative estimate of drug-likeness (QED) is 0.665. The molecule has 1 N–H and O–H groups in total. The number of esters is 1. The molecule has 0 bridgehead atoms. The molecule has 88 valence electrons. The van der Waals surface area contributed by atoms with E-state index in [0.29, 0.717) is 6.61 Å². The summed E-state index contributed by atoms with van der Waals surface area (Å²) in [5.74, 6) is -0.354. The second-order valence-electron chi connectivity index (χ2n) is 3.50. The highest BCUT2D eigenvalue weighted by Gasteiger charge is 2.13. The van der Waals surface area contributed by atoms with Gasteiger partial charge >= 0.3 is 5.97 Å². The largest absolute Gasteiger partial charge is 0.466 e. The number of aliphatic hydroxyl groups is 1. The Bertz CT molecular complexity index is 352. The zero-order valence-corrected chi connectivity index (χ0v) is 11.3. The molecule has 16 heavy (non-hydrogen) atoms. The van der Waals surface area contributed by atoms with Gasteiger partial charge < -0.3 is 9.84 Å². The van der Waals surface area contributed by atoms with E-state index in [2.05, 4.69) is 22.6 Å². The van der Waals surface area contributed by atoms with Gasteiger partial charge in [-0.25, -0.2) is 0 Å². The van der Waals surface area contributed by atoms with Gasteiger partial charge in [0.2, 0.25) is 0 Å². The van der Waals surface area contributed by atoms with Crippen LogP contribution in [-0.2, 0) is 9.53 Å². The van der Waals surface area contributed by atoms with Crippen molar-refractivity contribution in [3.63, 3.8) is 0 Å². The van der Waals surface area contributed by atoms with Crippen LogP contribution in [0.5, 0.6) is 0 Å². The highest BCUT2D eigenvalue weighted by Crippen LogP contribution is 2.19. The Morgan fingerprint density at radius 3 is 2.94 bits per heavy atom. The van der Waals surface area contributed by atoms with Gasteiger partial charge in [-0.2, -0.15) is 0 Å². The van der Waals surface area contributed by atoms with E-state index in [4.69, 9.17) is 4.74 Å². The van der Waals surface area contributed by atoms with E-state index < -0.39 is 6.10 Å². The monoisotopic (exact) mass is 334 g/mol. The van der Waals surface area contributed by atoms with Crippen molar-refractivity contribution in [1.29, 1.82) is 0 Å². The van der Waals surface area contributed by atoms with Gasteiger partial charge in [-0.3, -0.25) is 4.79 Å². The van der Waals surface area contributed by atoms with Gasteiger partial charge in [-0.05, 0) is 46.7 Å². The molecule has 0 amide bonds. The Morgan fingerprint density at radius 2 is 2.31 bits per heavy atom. The molecule has 0 radical (unpaired) electrons. The van der Waals surface area contributed by atoms with Crippen LogP contribution in [-0.4, -0.2) is 17.7 Å². The third kappa shape index (κ3) is 4.49. The smallest absolute Gasteiger partial charge is 0.308 e. The third-order valence-electron chi connectivity index (χ3n) is 2.06. The molecule has 0 fully saturated rings. The van der Waals surface area contributed by atoms with Crippen molar-refractivity contribution in [2.45, 2.75) is 25.9 Å². The van der Waals surface area contributed by atoms with Crippen LogP contribution >= 0.6 is 22.6 Å². The third-order valence-corrected chi connectivity index (χ3v) is 2.73. The lowest BCUT2D eigenvalue weighted by molar-refractivity contribution is -0.146. The number of aliphatic hydroxyl groups excluding tert-OH is 1. The van der Waals surface area contributed by atoms with Crippen LogP contribution < -0.4 is 0 Å². The number of benzene rings is 1. The van der Waals surface area contributed by atoms with Gasteiger partial charge in [0.05, 0.1) is 19.1 Å². The van der Waals surface area contributed by atoms with Crippen LogP contribution in [0.3, 0.4) is 0 Å². The summed E-state index contributed by atoms with van der Waals surface area (Å²) >= 11 is 2.17. The van der Waals surface area contributed by atoms with E-state index in [1.54, 1.807) is 6.07 Å². The van der Waals surface area contributed by atoms with E-state index in [0.717, 1.165) is 15.6 Å². The average molecular weight is 334 g/mol. The van der Waals surface area contributed by atoms with Gasteiger partial charge in [0, 0.05) is 3.57 Å². The molecule has 1 rings (SSSR count). The minimum Gasteiger partial charge on any atom is -0.466 e. The van der Waals surface area contributed by atoms with Crippen molar-refractivity contribution in [2.24, 2.45) is 0 Å². The van der Waals surface area contributed by atoms with Crippen LogP contribution in [0.25, 0.3) is 0 Å². The molecule has 0 spiro atoms. The van der Waals surface area contributed by atoms with E-state index in [1.807, 2.05) is 25.1 Å². The second kappa shape index (κ2) is 6.85. The lowest BCUT2D eigenvalue weighted by Crippen LogP contribution is -2.10. The molecule has 1 aromatic rings. The Kier molecular flexibility index (Phi) is 5.76. The zero-order chi connectivity index (χ0) is 12.0. The summed E-state index contributed by atoms with van der Waals surface area (Å²) in [5.41, 5.74) is 0.750. The number of carbonyl (C=O) groups excluding carboxylic acids is 1. The zero-order valence-electron chi connectivity index (χ0n) is 9.15. The van der Waals surface area contributed by atoms with Crippen molar-refractivity contribution in [3.8, 4) is 0 Å². The Morgan fingerprint density at radius 1 is 1.56 bits per heavy atom. The number of halogens is 1.